The Hall–Kier alpha value is -10.9. The number of fused-ring (bicyclic) bond motifs is 6. The molecule has 0 aliphatic carbocycles. The number of amides is 2. The summed E-state index contributed by atoms with van der Waals surface area (Å²) in [5, 5.41) is 43.5. The van der Waals surface area contributed by atoms with Gasteiger partial charge in [-0.25, -0.2) is 19.2 Å². The number of carboxylic acids is 1. The molecule has 0 radical (unpaired) electrons. The number of nitro benzene ring substituents is 2. The summed E-state index contributed by atoms with van der Waals surface area (Å²) >= 11 is 0. The molecule has 5 atom stereocenters. The molecule has 0 spiro atoms. The fraction of sp³-hybridized carbons (Fsp3) is 0.500. The number of halogens is 1. The van der Waals surface area contributed by atoms with Crippen LogP contribution in [-0.2, 0) is 68.5 Å². The molecular formula is C78H102FLiN10O23. The van der Waals surface area contributed by atoms with Gasteiger partial charge in [0, 0.05) is 86.7 Å². The number of carboxylic acid groups (broad SMARTS) is 1. The molecule has 6 N–H and O–H groups in total. The summed E-state index contributed by atoms with van der Waals surface area (Å²) in [7, 11) is 5.03. The molecular weight excluding hydrogens is 1470 g/mol. The Bertz CT molecular complexity index is 3880. The molecule has 1 aromatic heterocycles. The summed E-state index contributed by atoms with van der Waals surface area (Å²) in [6.07, 6.45) is 26.3. The normalized spacial score (nSPS) is 17.6. The number of anilines is 5. The number of nitrogens with zero attached hydrogens (tertiary/aromatic N) is 6. The largest absolute Gasteiger partial charge is 1.00 e. The van der Waals surface area contributed by atoms with Gasteiger partial charge in [0.1, 0.15) is 5.69 Å². The topological polar surface area (TPSA) is 466 Å². The van der Waals surface area contributed by atoms with Gasteiger partial charge in [0.25, 0.3) is 5.69 Å². The molecule has 5 saturated heterocycles. The van der Waals surface area contributed by atoms with Crippen molar-refractivity contribution in [1.82, 2.24) is 15.6 Å². The third-order valence-corrected chi connectivity index (χ3v) is 18.7. The molecule has 2 amide bonds. The summed E-state index contributed by atoms with van der Waals surface area (Å²) in [5.41, 5.74) is 4.70. The van der Waals surface area contributed by atoms with E-state index in [4.69, 9.17) is 43.3 Å². The van der Waals surface area contributed by atoms with Gasteiger partial charge in [-0.2, -0.15) is 33.2 Å². The molecule has 610 valence electrons. The predicted molar refractivity (Wildman–Crippen MR) is 405 cm³/mol. The van der Waals surface area contributed by atoms with Crippen LogP contribution in [0, 0.1) is 26.0 Å². The second kappa shape index (κ2) is 56.3. The van der Waals surface area contributed by atoms with Crippen LogP contribution in [0.2, 0.25) is 0 Å². The average molecular weight is 1570 g/mol. The molecule has 5 unspecified atom stereocenters. The minimum Gasteiger partial charge on any atom is -0.870 e. The van der Waals surface area contributed by atoms with Gasteiger partial charge in [-0.15, -0.1) is 0 Å². The van der Waals surface area contributed by atoms with Crippen LogP contribution in [0.15, 0.2) is 97.2 Å². The van der Waals surface area contributed by atoms with Gasteiger partial charge >= 0.3 is 72.8 Å². The Labute approximate surface area is 667 Å². The molecule has 7 aliphatic rings. The van der Waals surface area contributed by atoms with Crippen molar-refractivity contribution >= 4 is 99.9 Å². The smallest absolute Gasteiger partial charge is 0.870 e. The number of aromatic nitrogens is 1. The van der Waals surface area contributed by atoms with E-state index in [2.05, 4.69) is 72.4 Å². The Morgan fingerprint density at radius 3 is 1.34 bits per heavy atom. The fourth-order valence-electron chi connectivity index (χ4n) is 13.2. The number of aromatic carboxylic acids is 1. The minimum atomic E-state index is -0.984. The van der Waals surface area contributed by atoms with Crippen LogP contribution in [0.25, 0.3) is 0 Å². The Morgan fingerprint density at radius 2 is 0.947 bits per heavy atom. The maximum atomic E-state index is 12.8. The van der Waals surface area contributed by atoms with E-state index in [0.717, 1.165) is 120 Å². The standard InChI is InChI=1S/C16H20N2O6.C15H18N2O3.C14H16N2O3.C8H6FNO4.C8H11N.2C7H15N.3CO2.Li.H2O/c1-23-15(19)10-12-5-3-4-8-17(12)13-7-6-11(16(20)24-2)9-14(13)18(21)22;1-20-15(19)10-5-6-13-12(8-10)16-14(18)9-11-4-2-3-7-17(11)13;17-13-8-10-3-1-2-6-16(10)12-5-4-9(14(18)19)7-11(12)15-13;1-14-8(11)5-2-3-6(9)7(4-5)10(12)13;1-2-5-8-6-3-4-7-9-8;2*1-2-7-5-3-4-6-8-7;3*2-1-3;;/h6-7,9,12H,3-5,8,10H2,1-2H3;5-6,8,11H,2-4,7,9H2,1H3,(H,16,18);4-5,7,10H,1-3,6,8H2,(H,15,17)(H,18,19);2-4H,1H3;3-4,6-7H,2,5H2,1H3;2*7-8H,2-6H2,1H3;;;;;1H2/q;;;;;;;;;;+1;/p-1. The van der Waals surface area contributed by atoms with E-state index < -0.39 is 39.3 Å². The van der Waals surface area contributed by atoms with E-state index in [0.29, 0.717) is 42.0 Å². The maximum absolute atomic E-state index is 12.8. The number of piperidine rings is 5. The first kappa shape index (κ1) is 100. The number of hydrogen-bond donors (Lipinski definition) is 5. The monoisotopic (exact) mass is 1570 g/mol. The van der Waals surface area contributed by atoms with Crippen LogP contribution in [0.5, 0.6) is 0 Å². The number of benzene rings is 4. The van der Waals surface area contributed by atoms with Crippen LogP contribution >= 0.6 is 0 Å². The van der Waals surface area contributed by atoms with E-state index >= 15 is 0 Å². The van der Waals surface area contributed by atoms with Crippen LogP contribution < -0.4 is 54.8 Å². The third-order valence-electron chi connectivity index (χ3n) is 18.7. The zero-order valence-electron chi connectivity index (χ0n) is 65.2. The zero-order valence-corrected chi connectivity index (χ0v) is 65.2. The summed E-state index contributed by atoms with van der Waals surface area (Å²) in [5.74, 6) is -4.08. The van der Waals surface area contributed by atoms with Crippen molar-refractivity contribution in [1.29, 1.82) is 0 Å². The first-order valence-corrected chi connectivity index (χ1v) is 36.7. The van der Waals surface area contributed by atoms with Crippen LogP contribution in [-0.4, -0.2) is 177 Å². The molecule has 4 aromatic carbocycles. The molecule has 8 heterocycles. The van der Waals surface area contributed by atoms with E-state index in [1.54, 1.807) is 30.3 Å². The molecule has 35 heteroatoms. The molecule has 113 heavy (non-hydrogen) atoms. The molecule has 5 aromatic rings. The number of nitro groups is 2. The third kappa shape index (κ3) is 34.7. The number of carbonyl (C=O) groups is 7. The molecule has 5 fully saturated rings. The summed E-state index contributed by atoms with van der Waals surface area (Å²) in [6, 6.07) is 25.4. The summed E-state index contributed by atoms with van der Waals surface area (Å²) < 4.78 is 31.2. The van der Waals surface area contributed by atoms with Gasteiger partial charge < -0.3 is 65.5 Å². The summed E-state index contributed by atoms with van der Waals surface area (Å²) in [6.45, 7) is 11.7. The van der Waals surface area contributed by atoms with Gasteiger partial charge in [0.2, 0.25) is 17.6 Å². The first-order chi connectivity index (χ1) is 53.4. The number of methoxy groups -OCH3 is 4. The number of rotatable bonds is 13. The second-order valence-electron chi connectivity index (χ2n) is 25.9. The molecule has 12 rings (SSSR count). The van der Waals surface area contributed by atoms with Crippen molar-refractivity contribution in [2.45, 2.75) is 192 Å². The van der Waals surface area contributed by atoms with Crippen molar-refractivity contribution in [3.05, 3.63) is 151 Å². The van der Waals surface area contributed by atoms with Crippen molar-refractivity contribution in [2.24, 2.45) is 0 Å². The number of esters is 4. The molecule has 0 saturated carbocycles. The predicted octanol–water partition coefficient (Wildman–Crippen LogP) is 8.27. The average Bonchev–Trinajstić information content (AvgIpc) is 1.78. The van der Waals surface area contributed by atoms with E-state index in [9.17, 15) is 58.2 Å². The fourth-order valence-corrected chi connectivity index (χ4v) is 13.2. The minimum absolute atomic E-state index is 0. The van der Waals surface area contributed by atoms with E-state index in [1.165, 1.54) is 116 Å². The van der Waals surface area contributed by atoms with Crippen molar-refractivity contribution in [2.75, 3.05) is 86.5 Å². The van der Waals surface area contributed by atoms with Gasteiger partial charge in [0.05, 0.1) is 89.7 Å². The first-order valence-electron chi connectivity index (χ1n) is 36.7. The van der Waals surface area contributed by atoms with Crippen LogP contribution in [0.3, 0.4) is 0 Å². The second-order valence-corrected chi connectivity index (χ2v) is 25.9. The van der Waals surface area contributed by atoms with Gasteiger partial charge in [-0.05, 0) is 189 Å². The van der Waals surface area contributed by atoms with Gasteiger partial charge in [-0.3, -0.25) is 39.6 Å². The molecule has 33 nitrogen and oxygen atoms in total. The van der Waals surface area contributed by atoms with Crippen molar-refractivity contribution < 1.29 is 125 Å². The molecule has 0 bridgehead atoms. The van der Waals surface area contributed by atoms with Crippen LogP contribution in [0.1, 0.15) is 203 Å². The Balaban J connectivity index is 0.000000664. The van der Waals surface area contributed by atoms with Crippen LogP contribution in [0.4, 0.5) is 44.2 Å². The Morgan fingerprint density at radius 1 is 0.540 bits per heavy atom. The SMILES string of the molecule is CCC1CCCCN1.CCC1CCCCN1.CCCc1ccccn1.COC(=O)CC1CCCCN1c1ccc(C(=O)OC)cc1[N+](=O)[O-].COC(=O)c1ccc(F)c([N+](=O)[O-])c1.COC(=O)c1ccc2c(c1)NC(=O)CC1CCCCN21.O=C1CC2CCCCN2c2ccc(C(=O)O)cc2N1.O=C=O.O=C=O.O=C=O.[Li+].[OH-]. The Kier molecular flexibility index (Phi) is 49.9. The number of nitrogens with one attached hydrogen (secondary N) is 4. The number of carbonyl (C=O) groups excluding carboxylic acids is 12. The van der Waals surface area contributed by atoms with Gasteiger partial charge in [0.15, 0.2) is 0 Å². The van der Waals surface area contributed by atoms with Crippen molar-refractivity contribution in [3.8, 4) is 0 Å². The number of aryl methyl sites for hydroxylation is 1. The quantitative estimate of drug-likeness (QED) is 0.0243. The van der Waals surface area contributed by atoms with Gasteiger partial charge in [-0.1, -0.05) is 46.1 Å². The van der Waals surface area contributed by atoms with E-state index in [-0.39, 0.29) is 113 Å². The number of pyridine rings is 1. The number of hydrogen-bond acceptors (Lipinski definition) is 28. The zero-order chi connectivity index (χ0) is 82.2. The maximum Gasteiger partial charge on any atom is 1.00 e. The van der Waals surface area contributed by atoms with Crippen molar-refractivity contribution in [3.63, 3.8) is 0 Å². The molecule has 7 aliphatic heterocycles. The summed E-state index contributed by atoms with van der Waals surface area (Å²) in [4.78, 5) is 160. The number of ether oxygens (including phenoxy) is 4. The van der Waals surface area contributed by atoms with E-state index in [1.807, 2.05) is 35.4 Å².